The zero-order chi connectivity index (χ0) is 25.8. The molecule has 4 rings (SSSR count). The molecule has 1 heterocycles. The van der Waals surface area contributed by atoms with Crippen molar-refractivity contribution in [2.45, 2.75) is 39.8 Å². The van der Waals surface area contributed by atoms with E-state index < -0.39 is 0 Å². The zero-order valence-electron chi connectivity index (χ0n) is 21.2. The van der Waals surface area contributed by atoms with Crippen molar-refractivity contribution in [2.24, 2.45) is 0 Å². The van der Waals surface area contributed by atoms with Crippen LogP contribution < -0.4 is 10.6 Å². The fourth-order valence-electron chi connectivity index (χ4n) is 4.75. The zero-order valence-corrected chi connectivity index (χ0v) is 21.2. The number of anilines is 1. The summed E-state index contributed by atoms with van der Waals surface area (Å²) in [5, 5.41) is 9.75. The maximum absolute atomic E-state index is 13.6. The van der Waals surface area contributed by atoms with E-state index in [1.165, 1.54) is 17.1 Å². The molecule has 1 aliphatic heterocycles. The molecule has 2 amide bonds. The van der Waals surface area contributed by atoms with Gasteiger partial charge in [0.25, 0.3) is 5.91 Å². The van der Waals surface area contributed by atoms with Crippen LogP contribution in [0.5, 0.6) is 0 Å². The van der Waals surface area contributed by atoms with E-state index in [1.54, 1.807) is 18.0 Å². The summed E-state index contributed by atoms with van der Waals surface area (Å²) in [4.78, 5) is 40.0. The molecule has 0 aromatic heterocycles. The molecule has 0 unspecified atom stereocenters. The van der Waals surface area contributed by atoms with Crippen molar-refractivity contribution in [1.29, 1.82) is 0 Å². The summed E-state index contributed by atoms with van der Waals surface area (Å²) < 4.78 is 13.6. The van der Waals surface area contributed by atoms with E-state index in [0.717, 1.165) is 46.5 Å². The lowest BCUT2D eigenvalue weighted by atomic mass is 10.0. The summed E-state index contributed by atoms with van der Waals surface area (Å²) in [5.41, 5.74) is 5.38. The molecule has 9 heteroatoms. The van der Waals surface area contributed by atoms with Gasteiger partial charge in [-0.05, 0) is 60.3 Å². The van der Waals surface area contributed by atoms with Gasteiger partial charge in [-0.1, -0.05) is 19.1 Å². The Morgan fingerprint density at radius 3 is 2.61 bits per heavy atom. The Balaban J connectivity index is 1.38. The third-order valence-electron chi connectivity index (χ3n) is 6.95. The summed E-state index contributed by atoms with van der Waals surface area (Å²) in [6.07, 6.45) is 1.29. The molecule has 36 heavy (non-hydrogen) atoms. The molecule has 0 atom stereocenters. The second kappa shape index (κ2) is 11.2. The first-order valence-corrected chi connectivity index (χ1v) is 12.4. The van der Waals surface area contributed by atoms with Gasteiger partial charge in [0.05, 0.1) is 6.54 Å². The smallest absolute Gasteiger partial charge is 0.256 e. The van der Waals surface area contributed by atoms with E-state index in [2.05, 4.69) is 10.6 Å². The molecular formula is C27H34FN5O3. The Hall–Kier alpha value is -3.30. The van der Waals surface area contributed by atoms with Crippen LogP contribution in [0.2, 0.25) is 0 Å². The van der Waals surface area contributed by atoms with Gasteiger partial charge in [-0.15, -0.1) is 0 Å². The van der Waals surface area contributed by atoms with Crippen LogP contribution in [-0.2, 0) is 29.1 Å². The number of hydrogen-bond acceptors (Lipinski definition) is 6. The van der Waals surface area contributed by atoms with Gasteiger partial charge in [0.15, 0.2) is 5.78 Å². The minimum absolute atomic E-state index is 0.0192. The number of nitrogens with zero attached hydrogens (tertiary/aromatic N) is 3. The van der Waals surface area contributed by atoms with E-state index in [0.29, 0.717) is 32.6 Å². The van der Waals surface area contributed by atoms with Gasteiger partial charge in [0.2, 0.25) is 5.91 Å². The fraction of sp³-hybridized carbons (Fsp3) is 0.444. The lowest BCUT2D eigenvalue weighted by Gasteiger charge is -2.31. The van der Waals surface area contributed by atoms with Crippen molar-refractivity contribution in [3.8, 4) is 0 Å². The van der Waals surface area contributed by atoms with Crippen LogP contribution in [0.25, 0.3) is 0 Å². The first kappa shape index (κ1) is 25.8. The molecule has 0 radical (unpaired) electrons. The number of Topliss-reactive ketones (excluding diaryl/α,β-unsaturated/α-hetero) is 1. The number of carbonyl (C=O) groups is 3. The highest BCUT2D eigenvalue weighted by molar-refractivity contribution is 6.01. The Morgan fingerprint density at radius 1 is 1.06 bits per heavy atom. The molecule has 2 N–H and O–H groups in total. The molecule has 2 aromatic carbocycles. The van der Waals surface area contributed by atoms with Crippen LogP contribution in [-0.4, -0.2) is 72.3 Å². The van der Waals surface area contributed by atoms with E-state index in [-0.39, 0.29) is 36.5 Å². The van der Waals surface area contributed by atoms with Crippen molar-refractivity contribution in [1.82, 2.24) is 20.2 Å². The molecule has 1 aliphatic carbocycles. The SMILES string of the molecule is CCNCCN(CC(=O)N(C)N1Cc2ccc(F)cc2C1)C(=O)CNc1cc2c(cc1C)CCC2=O. The van der Waals surface area contributed by atoms with Crippen molar-refractivity contribution < 1.29 is 18.8 Å². The van der Waals surface area contributed by atoms with Crippen LogP contribution in [0, 0.1) is 12.7 Å². The summed E-state index contributed by atoms with van der Waals surface area (Å²) in [5.74, 6) is -0.576. The maximum Gasteiger partial charge on any atom is 0.256 e. The molecule has 0 spiro atoms. The van der Waals surface area contributed by atoms with Crippen molar-refractivity contribution in [3.05, 3.63) is 64.0 Å². The molecule has 0 saturated carbocycles. The number of hydrazine groups is 1. The van der Waals surface area contributed by atoms with Crippen LogP contribution >= 0.6 is 0 Å². The number of halogens is 1. The second-order valence-electron chi connectivity index (χ2n) is 9.42. The molecule has 0 saturated heterocycles. The number of rotatable bonds is 10. The standard InChI is InChI=1S/C27H34FN5O3/c1-4-29-9-10-32(17-27(36)31(3)33-15-20-5-7-22(28)12-21(20)16-33)26(35)14-30-24-13-23-19(11-18(24)2)6-8-25(23)34/h5,7,11-13,29-30H,4,6,8-10,14-17H2,1-3H3. The van der Waals surface area contributed by atoms with Crippen LogP contribution in [0.4, 0.5) is 10.1 Å². The Labute approximate surface area is 211 Å². The van der Waals surface area contributed by atoms with E-state index >= 15 is 0 Å². The third kappa shape index (κ3) is 5.74. The molecule has 2 aromatic rings. The van der Waals surface area contributed by atoms with Crippen LogP contribution in [0.3, 0.4) is 0 Å². The molecule has 2 aliphatic rings. The molecule has 0 fully saturated rings. The Kier molecular flexibility index (Phi) is 8.01. The number of carbonyl (C=O) groups excluding carboxylic acids is 3. The van der Waals surface area contributed by atoms with Crippen molar-refractivity contribution in [2.75, 3.05) is 45.1 Å². The topological polar surface area (TPSA) is 85.0 Å². The summed E-state index contributed by atoms with van der Waals surface area (Å²) in [6, 6.07) is 8.52. The second-order valence-corrected chi connectivity index (χ2v) is 9.42. The largest absolute Gasteiger partial charge is 0.376 e. The minimum atomic E-state index is -0.291. The van der Waals surface area contributed by atoms with Crippen molar-refractivity contribution >= 4 is 23.3 Å². The highest BCUT2D eigenvalue weighted by atomic mass is 19.1. The average Bonchev–Trinajstić information content (AvgIpc) is 3.43. The Morgan fingerprint density at radius 2 is 1.83 bits per heavy atom. The highest BCUT2D eigenvalue weighted by Crippen LogP contribution is 2.28. The predicted octanol–water partition coefficient (Wildman–Crippen LogP) is 2.50. The maximum atomic E-state index is 13.6. The van der Waals surface area contributed by atoms with Gasteiger partial charge < -0.3 is 15.5 Å². The highest BCUT2D eigenvalue weighted by Gasteiger charge is 2.28. The number of fused-ring (bicyclic) bond motifs is 2. The molecule has 192 valence electrons. The Bertz CT molecular complexity index is 1170. The van der Waals surface area contributed by atoms with Gasteiger partial charge in [0.1, 0.15) is 12.4 Å². The minimum Gasteiger partial charge on any atom is -0.376 e. The normalized spacial score (nSPS) is 14.5. The van der Waals surface area contributed by atoms with Gasteiger partial charge >= 0.3 is 0 Å². The monoisotopic (exact) mass is 495 g/mol. The number of aryl methyl sites for hydroxylation is 2. The molecular weight excluding hydrogens is 461 g/mol. The predicted molar refractivity (Wildman–Crippen MR) is 136 cm³/mol. The quantitative estimate of drug-likeness (QED) is 0.493. The summed E-state index contributed by atoms with van der Waals surface area (Å²) in [6.45, 7) is 6.58. The van der Waals surface area contributed by atoms with Crippen LogP contribution in [0.1, 0.15) is 46.0 Å². The van der Waals surface area contributed by atoms with Gasteiger partial charge in [-0.25, -0.2) is 9.40 Å². The summed E-state index contributed by atoms with van der Waals surface area (Å²) >= 11 is 0. The average molecular weight is 496 g/mol. The first-order valence-electron chi connectivity index (χ1n) is 12.4. The van der Waals surface area contributed by atoms with Gasteiger partial charge in [-0.3, -0.25) is 19.4 Å². The van der Waals surface area contributed by atoms with Crippen LogP contribution in [0.15, 0.2) is 30.3 Å². The first-order chi connectivity index (χ1) is 17.3. The van der Waals surface area contributed by atoms with E-state index in [4.69, 9.17) is 0 Å². The molecule has 0 bridgehead atoms. The van der Waals surface area contributed by atoms with E-state index in [1.807, 2.05) is 31.0 Å². The summed E-state index contributed by atoms with van der Waals surface area (Å²) in [7, 11) is 1.68. The number of benzene rings is 2. The van der Waals surface area contributed by atoms with Gasteiger partial charge in [0, 0.05) is 50.9 Å². The number of amides is 2. The van der Waals surface area contributed by atoms with E-state index in [9.17, 15) is 18.8 Å². The number of ketones is 1. The lowest BCUT2D eigenvalue weighted by Crippen LogP contribution is -2.49. The van der Waals surface area contributed by atoms with Crippen molar-refractivity contribution in [3.63, 3.8) is 0 Å². The molecule has 8 nitrogen and oxygen atoms in total. The lowest BCUT2D eigenvalue weighted by molar-refractivity contribution is -0.151. The number of hydrogen-bond donors (Lipinski definition) is 2. The van der Waals surface area contributed by atoms with Gasteiger partial charge in [-0.2, -0.15) is 0 Å². The number of likely N-dealkylation sites (N-methyl/N-ethyl adjacent to an activating group) is 2. The fourth-order valence-corrected chi connectivity index (χ4v) is 4.75. The third-order valence-corrected chi connectivity index (χ3v) is 6.95. The number of nitrogens with one attached hydrogen (secondary N) is 2.